The number of nitrogens with zero attached hydrogens (tertiary/aromatic N) is 1. The van der Waals surface area contributed by atoms with Crippen LogP contribution in [0.3, 0.4) is 0 Å². The predicted molar refractivity (Wildman–Crippen MR) is 85.9 cm³/mol. The summed E-state index contributed by atoms with van der Waals surface area (Å²) in [6.45, 7) is 3.80. The smallest absolute Gasteiger partial charge is 0.259 e. The van der Waals surface area contributed by atoms with Gasteiger partial charge in [0.2, 0.25) is 0 Å². The molecule has 1 atom stereocenters. The molecule has 0 N–H and O–H groups in total. The van der Waals surface area contributed by atoms with Crippen LogP contribution in [0.1, 0.15) is 38.8 Å². The lowest BCUT2D eigenvalue weighted by molar-refractivity contribution is 0.0842. The number of hydrogen-bond acceptors (Lipinski definition) is 2. The van der Waals surface area contributed by atoms with Gasteiger partial charge in [-0.1, -0.05) is 29.3 Å². The van der Waals surface area contributed by atoms with Gasteiger partial charge in [-0.05, 0) is 43.7 Å². The lowest BCUT2D eigenvalue weighted by Gasteiger charge is -2.39. The summed E-state index contributed by atoms with van der Waals surface area (Å²) in [5.41, 5.74) is 3.00. The molecule has 4 heteroatoms. The fourth-order valence-corrected chi connectivity index (χ4v) is 3.74. The van der Waals surface area contributed by atoms with Gasteiger partial charge in [0.1, 0.15) is 5.54 Å². The first-order chi connectivity index (χ1) is 10.4. The van der Waals surface area contributed by atoms with Gasteiger partial charge in [0.15, 0.2) is 5.78 Å². The fraction of sp³-hybridized carbons (Fsp3) is 0.222. The summed E-state index contributed by atoms with van der Waals surface area (Å²) >= 11 is 6.02. The van der Waals surface area contributed by atoms with Gasteiger partial charge in [-0.3, -0.25) is 14.5 Å². The zero-order valence-electron chi connectivity index (χ0n) is 12.3. The van der Waals surface area contributed by atoms with Gasteiger partial charge in [-0.15, -0.1) is 0 Å². The van der Waals surface area contributed by atoms with Gasteiger partial charge in [0.05, 0.1) is 5.69 Å². The number of hydrogen-bond donors (Lipinski definition) is 0. The van der Waals surface area contributed by atoms with Crippen molar-refractivity contribution in [2.24, 2.45) is 0 Å². The van der Waals surface area contributed by atoms with E-state index in [0.717, 1.165) is 11.1 Å². The molecule has 0 spiro atoms. The number of amides is 1. The van der Waals surface area contributed by atoms with Gasteiger partial charge < -0.3 is 0 Å². The summed E-state index contributed by atoms with van der Waals surface area (Å²) < 4.78 is 0. The van der Waals surface area contributed by atoms with Crippen LogP contribution in [0.4, 0.5) is 5.69 Å². The minimum Gasteiger partial charge on any atom is -0.294 e. The van der Waals surface area contributed by atoms with E-state index in [1.807, 2.05) is 32.0 Å². The summed E-state index contributed by atoms with van der Waals surface area (Å²) in [6, 6.07) is 11.0. The van der Waals surface area contributed by atoms with Crippen molar-refractivity contribution in [2.45, 2.75) is 25.8 Å². The summed E-state index contributed by atoms with van der Waals surface area (Å²) in [4.78, 5) is 27.5. The Balaban J connectivity index is 1.97. The van der Waals surface area contributed by atoms with E-state index in [-0.39, 0.29) is 11.7 Å². The van der Waals surface area contributed by atoms with E-state index >= 15 is 0 Å². The minimum absolute atomic E-state index is 0.0374. The third-order valence-corrected chi connectivity index (χ3v) is 4.90. The maximum Gasteiger partial charge on any atom is 0.259 e. The van der Waals surface area contributed by atoms with Gasteiger partial charge in [0, 0.05) is 22.6 Å². The second-order valence-corrected chi connectivity index (χ2v) is 6.68. The molecule has 4 rings (SSSR count). The van der Waals surface area contributed by atoms with Crippen LogP contribution in [0, 0.1) is 6.92 Å². The molecule has 0 radical (unpaired) electrons. The molecular weight excluding hydrogens is 298 g/mol. The third kappa shape index (κ3) is 1.57. The zero-order chi connectivity index (χ0) is 15.6. The topological polar surface area (TPSA) is 37.4 Å². The van der Waals surface area contributed by atoms with Crippen LogP contribution in [0.15, 0.2) is 36.4 Å². The molecule has 22 heavy (non-hydrogen) atoms. The summed E-state index contributed by atoms with van der Waals surface area (Å²) in [5, 5.41) is 0.511. The van der Waals surface area contributed by atoms with Crippen LogP contribution < -0.4 is 4.90 Å². The zero-order valence-corrected chi connectivity index (χ0v) is 13.1. The number of carbonyl (C=O) groups is 2. The average molecular weight is 312 g/mol. The lowest BCUT2D eigenvalue weighted by Crippen LogP contribution is -2.55. The quantitative estimate of drug-likeness (QED) is 0.742. The van der Waals surface area contributed by atoms with Crippen LogP contribution in [-0.4, -0.2) is 17.2 Å². The first-order valence-electron chi connectivity index (χ1n) is 7.20. The van der Waals surface area contributed by atoms with E-state index in [2.05, 4.69) is 0 Å². The molecule has 3 nitrogen and oxygen atoms in total. The molecule has 110 valence electrons. The number of Topliss-reactive ketones (excluding diaryl/α,β-unsaturated/α-hetero) is 1. The van der Waals surface area contributed by atoms with Crippen LogP contribution in [-0.2, 0) is 6.42 Å². The largest absolute Gasteiger partial charge is 0.294 e. The number of fused-ring (bicyclic) bond motifs is 4. The highest BCUT2D eigenvalue weighted by Gasteiger charge is 2.53. The average Bonchev–Trinajstić information content (AvgIpc) is 2.69. The van der Waals surface area contributed by atoms with E-state index < -0.39 is 5.54 Å². The Hall–Kier alpha value is -2.13. The number of benzene rings is 2. The van der Waals surface area contributed by atoms with E-state index in [1.165, 1.54) is 0 Å². The Bertz CT molecular complexity index is 858. The van der Waals surface area contributed by atoms with Crippen molar-refractivity contribution in [2.75, 3.05) is 4.90 Å². The van der Waals surface area contributed by atoms with Gasteiger partial charge in [0.25, 0.3) is 5.91 Å². The second kappa shape index (κ2) is 4.20. The van der Waals surface area contributed by atoms with Crippen molar-refractivity contribution in [3.63, 3.8) is 0 Å². The summed E-state index contributed by atoms with van der Waals surface area (Å²) in [6.07, 6.45) is 0.527. The molecule has 0 saturated heterocycles. The Morgan fingerprint density at radius 1 is 1.09 bits per heavy atom. The molecule has 1 amide bonds. The van der Waals surface area contributed by atoms with Crippen LogP contribution in [0.25, 0.3) is 0 Å². The van der Waals surface area contributed by atoms with Crippen molar-refractivity contribution >= 4 is 29.0 Å². The Morgan fingerprint density at radius 2 is 1.86 bits per heavy atom. The van der Waals surface area contributed by atoms with Crippen LogP contribution in [0.5, 0.6) is 0 Å². The first kappa shape index (κ1) is 13.5. The van der Waals surface area contributed by atoms with Crippen molar-refractivity contribution in [3.8, 4) is 0 Å². The van der Waals surface area contributed by atoms with E-state index in [1.54, 1.807) is 23.1 Å². The normalized spacial score (nSPS) is 22.4. The van der Waals surface area contributed by atoms with Crippen molar-refractivity contribution in [3.05, 3.63) is 63.7 Å². The number of halogens is 1. The standard InChI is InChI=1S/C18H14ClNO2/c1-10-3-4-11-9-18(2)16(21)14-8-12(19)5-6-15(14)20(18)17(22)13(11)7-10/h3-8H,9H2,1-2H3. The predicted octanol–water partition coefficient (Wildman–Crippen LogP) is 3.81. The van der Waals surface area contributed by atoms with E-state index in [0.29, 0.717) is 28.3 Å². The molecule has 0 aromatic heterocycles. The lowest BCUT2D eigenvalue weighted by atomic mass is 9.82. The molecule has 2 aliphatic heterocycles. The molecular formula is C18H14ClNO2. The van der Waals surface area contributed by atoms with E-state index in [4.69, 9.17) is 11.6 Å². The van der Waals surface area contributed by atoms with Crippen LogP contribution >= 0.6 is 11.6 Å². The van der Waals surface area contributed by atoms with Gasteiger partial charge in [-0.25, -0.2) is 0 Å². The Kier molecular flexibility index (Phi) is 2.58. The highest BCUT2D eigenvalue weighted by molar-refractivity contribution is 6.32. The highest BCUT2D eigenvalue weighted by atomic mass is 35.5. The molecule has 2 aromatic carbocycles. The van der Waals surface area contributed by atoms with Crippen molar-refractivity contribution < 1.29 is 9.59 Å². The van der Waals surface area contributed by atoms with Crippen molar-refractivity contribution in [1.29, 1.82) is 0 Å². The fourth-order valence-electron chi connectivity index (χ4n) is 3.57. The number of anilines is 1. The number of aryl methyl sites for hydroxylation is 1. The monoisotopic (exact) mass is 311 g/mol. The number of rotatable bonds is 0. The summed E-state index contributed by atoms with van der Waals surface area (Å²) in [5.74, 6) is -0.147. The van der Waals surface area contributed by atoms with Crippen molar-refractivity contribution in [1.82, 2.24) is 0 Å². The highest BCUT2D eigenvalue weighted by Crippen LogP contribution is 2.45. The first-order valence-corrected chi connectivity index (χ1v) is 7.58. The minimum atomic E-state index is -0.855. The molecule has 2 heterocycles. The SMILES string of the molecule is Cc1ccc2c(c1)C(=O)N1c3ccc(Cl)cc3C(=O)C1(C)C2. The maximum absolute atomic E-state index is 13.0. The summed E-state index contributed by atoms with van der Waals surface area (Å²) in [7, 11) is 0. The number of ketones is 1. The number of carbonyl (C=O) groups excluding carboxylic acids is 2. The van der Waals surface area contributed by atoms with Crippen LogP contribution in [0.2, 0.25) is 5.02 Å². The maximum atomic E-state index is 13.0. The molecule has 0 bridgehead atoms. The molecule has 2 aliphatic rings. The Labute approximate surface area is 133 Å². The molecule has 0 fully saturated rings. The Morgan fingerprint density at radius 3 is 2.64 bits per heavy atom. The molecule has 2 aromatic rings. The third-order valence-electron chi connectivity index (χ3n) is 4.66. The molecule has 0 aliphatic carbocycles. The molecule has 1 unspecified atom stereocenters. The second-order valence-electron chi connectivity index (χ2n) is 6.24. The van der Waals surface area contributed by atoms with E-state index in [9.17, 15) is 9.59 Å². The molecule has 0 saturated carbocycles. The van der Waals surface area contributed by atoms with Gasteiger partial charge >= 0.3 is 0 Å². The van der Waals surface area contributed by atoms with Gasteiger partial charge in [-0.2, -0.15) is 0 Å².